The van der Waals surface area contributed by atoms with E-state index in [-0.39, 0.29) is 5.38 Å². The lowest BCUT2D eigenvalue weighted by Gasteiger charge is -2.11. The van der Waals surface area contributed by atoms with Crippen LogP contribution in [0, 0.1) is 0 Å². The molecule has 0 heterocycles. The Labute approximate surface area is 99.5 Å². The van der Waals surface area contributed by atoms with Crippen molar-refractivity contribution >= 4 is 23.2 Å². The number of hydrogen-bond donors (Lipinski definition) is 0. The van der Waals surface area contributed by atoms with Crippen molar-refractivity contribution in [3.05, 3.63) is 70.7 Å². The van der Waals surface area contributed by atoms with Gasteiger partial charge in [0.25, 0.3) is 0 Å². The molecule has 0 bridgehead atoms. The van der Waals surface area contributed by atoms with Crippen molar-refractivity contribution in [1.29, 1.82) is 0 Å². The Kier molecular flexibility index (Phi) is 3.30. The maximum atomic E-state index is 6.35. The van der Waals surface area contributed by atoms with Crippen LogP contribution in [0.4, 0.5) is 0 Å². The summed E-state index contributed by atoms with van der Waals surface area (Å²) in [5.41, 5.74) is 2.01. The van der Waals surface area contributed by atoms with Gasteiger partial charge in [-0.1, -0.05) is 60.1 Å². The lowest BCUT2D eigenvalue weighted by Crippen LogP contribution is -1.93. The van der Waals surface area contributed by atoms with Gasteiger partial charge in [0.05, 0.1) is 5.38 Å². The van der Waals surface area contributed by atoms with Crippen LogP contribution in [0.25, 0.3) is 0 Å². The standard InChI is InChI=1S/C13H10Cl2/c14-12-9-5-4-8-11(12)13(15)10-6-2-1-3-7-10/h1-9,13H/t13-/m0/s1. The first-order valence-electron chi connectivity index (χ1n) is 4.72. The highest BCUT2D eigenvalue weighted by Crippen LogP contribution is 2.32. The smallest absolute Gasteiger partial charge is 0.0849 e. The second-order valence-corrected chi connectivity index (χ2v) is 4.14. The first-order valence-corrected chi connectivity index (χ1v) is 5.54. The summed E-state index contributed by atoms with van der Waals surface area (Å²) in [5.74, 6) is 0. The first kappa shape index (κ1) is 10.5. The SMILES string of the molecule is Clc1ccccc1[C@@H](Cl)c1ccccc1. The Bertz CT molecular complexity index is 437. The maximum absolute atomic E-state index is 6.35. The van der Waals surface area contributed by atoms with E-state index in [2.05, 4.69) is 0 Å². The minimum atomic E-state index is -0.181. The fourth-order valence-electron chi connectivity index (χ4n) is 1.48. The number of hydrogen-bond acceptors (Lipinski definition) is 0. The molecule has 0 spiro atoms. The Morgan fingerprint density at radius 3 is 2.07 bits per heavy atom. The van der Waals surface area contributed by atoms with E-state index in [0.717, 1.165) is 11.1 Å². The summed E-state index contributed by atoms with van der Waals surface area (Å²) in [7, 11) is 0. The van der Waals surface area contributed by atoms with Crippen LogP contribution in [0.2, 0.25) is 5.02 Å². The molecule has 0 amide bonds. The van der Waals surface area contributed by atoms with Crippen molar-refractivity contribution < 1.29 is 0 Å². The molecule has 15 heavy (non-hydrogen) atoms. The molecule has 0 radical (unpaired) electrons. The molecule has 0 saturated heterocycles. The van der Waals surface area contributed by atoms with Crippen molar-refractivity contribution in [2.75, 3.05) is 0 Å². The molecule has 2 aromatic rings. The predicted molar refractivity (Wildman–Crippen MR) is 65.6 cm³/mol. The van der Waals surface area contributed by atoms with E-state index in [1.54, 1.807) is 0 Å². The molecule has 1 atom stereocenters. The van der Waals surface area contributed by atoms with E-state index in [1.165, 1.54) is 0 Å². The topological polar surface area (TPSA) is 0 Å². The van der Waals surface area contributed by atoms with Crippen LogP contribution in [-0.4, -0.2) is 0 Å². The molecular formula is C13H10Cl2. The Morgan fingerprint density at radius 1 is 0.800 bits per heavy atom. The van der Waals surface area contributed by atoms with Gasteiger partial charge in [0, 0.05) is 5.02 Å². The third-order valence-electron chi connectivity index (χ3n) is 2.27. The largest absolute Gasteiger partial charge is 0.113 e. The summed E-state index contributed by atoms with van der Waals surface area (Å²) >= 11 is 12.4. The molecule has 2 aromatic carbocycles. The zero-order valence-corrected chi connectivity index (χ0v) is 9.54. The maximum Gasteiger partial charge on any atom is 0.0849 e. The van der Waals surface area contributed by atoms with E-state index >= 15 is 0 Å². The zero-order valence-electron chi connectivity index (χ0n) is 8.03. The van der Waals surface area contributed by atoms with E-state index in [4.69, 9.17) is 23.2 Å². The Morgan fingerprint density at radius 2 is 1.40 bits per heavy atom. The van der Waals surface area contributed by atoms with Crippen LogP contribution in [0.5, 0.6) is 0 Å². The van der Waals surface area contributed by atoms with Crippen LogP contribution in [0.3, 0.4) is 0 Å². The number of rotatable bonds is 2. The van der Waals surface area contributed by atoms with Crippen LogP contribution < -0.4 is 0 Å². The molecule has 0 unspecified atom stereocenters. The molecule has 0 aliphatic heterocycles. The highest BCUT2D eigenvalue weighted by molar-refractivity contribution is 6.33. The van der Waals surface area contributed by atoms with E-state index < -0.39 is 0 Å². The lowest BCUT2D eigenvalue weighted by atomic mass is 10.0. The quantitative estimate of drug-likeness (QED) is 0.666. The van der Waals surface area contributed by atoms with Crippen LogP contribution in [0.15, 0.2) is 54.6 Å². The van der Waals surface area contributed by atoms with Gasteiger partial charge in [-0.25, -0.2) is 0 Å². The summed E-state index contributed by atoms with van der Waals surface area (Å²) in [6.07, 6.45) is 0. The molecule has 0 aromatic heterocycles. The summed E-state index contributed by atoms with van der Waals surface area (Å²) < 4.78 is 0. The monoisotopic (exact) mass is 236 g/mol. The number of benzene rings is 2. The van der Waals surface area contributed by atoms with Crippen LogP contribution >= 0.6 is 23.2 Å². The van der Waals surface area contributed by atoms with E-state index in [0.29, 0.717) is 5.02 Å². The van der Waals surface area contributed by atoms with Gasteiger partial charge in [0.15, 0.2) is 0 Å². The van der Waals surface area contributed by atoms with Gasteiger partial charge in [0.2, 0.25) is 0 Å². The average molecular weight is 237 g/mol. The van der Waals surface area contributed by atoms with Gasteiger partial charge in [-0.2, -0.15) is 0 Å². The lowest BCUT2D eigenvalue weighted by molar-refractivity contribution is 1.14. The summed E-state index contributed by atoms with van der Waals surface area (Å²) in [6, 6.07) is 17.6. The van der Waals surface area contributed by atoms with Crippen molar-refractivity contribution in [2.45, 2.75) is 5.38 Å². The van der Waals surface area contributed by atoms with E-state index in [9.17, 15) is 0 Å². The van der Waals surface area contributed by atoms with Gasteiger partial charge in [-0.3, -0.25) is 0 Å². The van der Waals surface area contributed by atoms with Gasteiger partial charge in [-0.05, 0) is 17.2 Å². The zero-order chi connectivity index (χ0) is 10.7. The van der Waals surface area contributed by atoms with Crippen molar-refractivity contribution in [3.63, 3.8) is 0 Å². The van der Waals surface area contributed by atoms with Gasteiger partial charge in [-0.15, -0.1) is 11.6 Å². The minimum absolute atomic E-state index is 0.181. The van der Waals surface area contributed by atoms with E-state index in [1.807, 2.05) is 54.6 Å². The fourth-order valence-corrected chi connectivity index (χ4v) is 2.12. The molecule has 0 aliphatic rings. The average Bonchev–Trinajstić information content (AvgIpc) is 2.30. The normalized spacial score (nSPS) is 12.4. The third-order valence-corrected chi connectivity index (χ3v) is 3.10. The Balaban J connectivity index is 2.37. The molecule has 0 aliphatic carbocycles. The number of alkyl halides is 1. The summed E-state index contributed by atoms with van der Waals surface area (Å²) in [5, 5.41) is 0.529. The third kappa shape index (κ3) is 2.34. The number of halogens is 2. The van der Waals surface area contributed by atoms with Gasteiger partial charge >= 0.3 is 0 Å². The molecule has 2 rings (SSSR count). The minimum Gasteiger partial charge on any atom is -0.113 e. The van der Waals surface area contributed by atoms with Crippen molar-refractivity contribution in [2.24, 2.45) is 0 Å². The predicted octanol–water partition coefficient (Wildman–Crippen LogP) is 4.67. The summed E-state index contributed by atoms with van der Waals surface area (Å²) in [4.78, 5) is 0. The second-order valence-electron chi connectivity index (χ2n) is 3.29. The highest BCUT2D eigenvalue weighted by atomic mass is 35.5. The molecule has 0 N–H and O–H groups in total. The van der Waals surface area contributed by atoms with Crippen LogP contribution in [-0.2, 0) is 0 Å². The molecule has 2 heteroatoms. The molecule has 76 valence electrons. The van der Waals surface area contributed by atoms with Gasteiger partial charge in [0.1, 0.15) is 0 Å². The van der Waals surface area contributed by atoms with Crippen molar-refractivity contribution in [3.8, 4) is 0 Å². The molecule has 0 nitrogen and oxygen atoms in total. The van der Waals surface area contributed by atoms with Gasteiger partial charge < -0.3 is 0 Å². The fraction of sp³-hybridized carbons (Fsp3) is 0.0769. The second kappa shape index (κ2) is 4.69. The van der Waals surface area contributed by atoms with Crippen molar-refractivity contribution in [1.82, 2.24) is 0 Å². The van der Waals surface area contributed by atoms with Crippen LogP contribution in [0.1, 0.15) is 16.5 Å². The first-order chi connectivity index (χ1) is 7.29. The molecule has 0 fully saturated rings. The molecule has 0 saturated carbocycles. The molecular weight excluding hydrogens is 227 g/mol. The highest BCUT2D eigenvalue weighted by Gasteiger charge is 2.12. The summed E-state index contributed by atoms with van der Waals surface area (Å²) in [6.45, 7) is 0. The Hall–Kier alpha value is -0.980.